The van der Waals surface area contributed by atoms with E-state index in [-0.39, 0.29) is 11.9 Å². The molecule has 0 fully saturated rings. The zero-order valence-corrected chi connectivity index (χ0v) is 15.3. The molecule has 0 aliphatic carbocycles. The average Bonchev–Trinajstić information content (AvgIpc) is 2.64. The molecule has 25 heavy (non-hydrogen) atoms. The Balaban J connectivity index is 1.73. The van der Waals surface area contributed by atoms with Gasteiger partial charge in [-0.05, 0) is 52.7 Å². The number of halogens is 1. The Morgan fingerprint density at radius 1 is 1.04 bits per heavy atom. The number of nitrogens with zero attached hydrogens (tertiary/aromatic N) is 1. The van der Waals surface area contributed by atoms with Gasteiger partial charge in [-0.15, -0.1) is 0 Å². The van der Waals surface area contributed by atoms with E-state index in [2.05, 4.69) is 50.6 Å². The van der Waals surface area contributed by atoms with E-state index in [0.717, 1.165) is 15.7 Å². The summed E-state index contributed by atoms with van der Waals surface area (Å²) in [4.78, 5) is 16.8. The highest BCUT2D eigenvalue weighted by Gasteiger charge is 2.11. The molecule has 0 bridgehead atoms. The summed E-state index contributed by atoms with van der Waals surface area (Å²) in [5.41, 5.74) is 2.44. The van der Waals surface area contributed by atoms with Crippen LogP contribution in [-0.4, -0.2) is 10.9 Å². The Hall–Kier alpha value is -2.66. The number of anilines is 2. The van der Waals surface area contributed by atoms with Crippen molar-refractivity contribution in [1.82, 2.24) is 4.98 Å². The molecule has 0 aliphatic rings. The van der Waals surface area contributed by atoms with Crippen LogP contribution in [0.4, 0.5) is 11.5 Å². The number of carbonyl (C=O) groups excluding carboxylic acids is 1. The molecule has 1 aromatic heterocycles. The first kappa shape index (κ1) is 17.2. The molecular weight excluding hydrogens is 378 g/mol. The number of benzene rings is 2. The van der Waals surface area contributed by atoms with Crippen molar-refractivity contribution in [3.8, 4) is 0 Å². The molecular formula is C20H18BrN3O. The van der Waals surface area contributed by atoms with E-state index in [1.807, 2.05) is 42.5 Å². The first-order valence-electron chi connectivity index (χ1n) is 7.97. The normalized spacial score (nSPS) is 11.6. The smallest absolute Gasteiger partial charge is 0.255 e. The molecule has 0 spiro atoms. The molecule has 0 radical (unpaired) electrons. The van der Waals surface area contributed by atoms with Gasteiger partial charge in [0.15, 0.2) is 0 Å². The Morgan fingerprint density at radius 2 is 1.76 bits per heavy atom. The Morgan fingerprint density at radius 3 is 2.52 bits per heavy atom. The van der Waals surface area contributed by atoms with Crippen LogP contribution in [0.15, 0.2) is 77.4 Å². The Labute approximate surface area is 155 Å². The highest BCUT2D eigenvalue weighted by Crippen LogP contribution is 2.23. The van der Waals surface area contributed by atoms with Gasteiger partial charge >= 0.3 is 0 Å². The molecule has 2 aromatic carbocycles. The fourth-order valence-electron chi connectivity index (χ4n) is 2.45. The van der Waals surface area contributed by atoms with Crippen molar-refractivity contribution in [2.75, 3.05) is 10.6 Å². The number of amides is 1. The minimum atomic E-state index is -0.176. The number of pyridine rings is 1. The van der Waals surface area contributed by atoms with E-state index in [1.54, 1.807) is 18.3 Å². The maximum atomic E-state index is 12.5. The summed E-state index contributed by atoms with van der Waals surface area (Å²) in [7, 11) is 0. The fourth-order valence-corrected chi connectivity index (χ4v) is 2.84. The lowest BCUT2D eigenvalue weighted by Gasteiger charge is -2.15. The SMILES string of the molecule is CC(Nc1cc(C(=O)Nc2ccccc2Br)ccn1)c1ccccc1. The molecule has 126 valence electrons. The van der Waals surface area contributed by atoms with Crippen LogP contribution >= 0.6 is 15.9 Å². The van der Waals surface area contributed by atoms with Crippen molar-refractivity contribution in [1.29, 1.82) is 0 Å². The highest BCUT2D eigenvalue weighted by atomic mass is 79.9. The fraction of sp³-hybridized carbons (Fsp3) is 0.100. The maximum absolute atomic E-state index is 12.5. The first-order valence-corrected chi connectivity index (χ1v) is 8.76. The van der Waals surface area contributed by atoms with Gasteiger partial charge in [0.05, 0.1) is 5.69 Å². The van der Waals surface area contributed by atoms with E-state index in [4.69, 9.17) is 0 Å². The van der Waals surface area contributed by atoms with Gasteiger partial charge in [-0.3, -0.25) is 4.79 Å². The lowest BCUT2D eigenvalue weighted by Crippen LogP contribution is -2.14. The molecule has 3 rings (SSSR count). The number of hydrogen-bond acceptors (Lipinski definition) is 3. The van der Waals surface area contributed by atoms with Crippen molar-refractivity contribution >= 4 is 33.3 Å². The van der Waals surface area contributed by atoms with Gasteiger partial charge in [-0.2, -0.15) is 0 Å². The van der Waals surface area contributed by atoms with Crippen LogP contribution < -0.4 is 10.6 Å². The minimum Gasteiger partial charge on any atom is -0.364 e. The number of rotatable bonds is 5. The summed E-state index contributed by atoms with van der Waals surface area (Å²) in [6, 6.07) is 21.2. The predicted molar refractivity (Wildman–Crippen MR) is 105 cm³/mol. The number of para-hydroxylation sites is 1. The second-order valence-corrected chi connectivity index (χ2v) is 6.49. The van der Waals surface area contributed by atoms with Crippen LogP contribution in [0.5, 0.6) is 0 Å². The van der Waals surface area contributed by atoms with Crippen molar-refractivity contribution < 1.29 is 4.79 Å². The van der Waals surface area contributed by atoms with Crippen molar-refractivity contribution in [3.63, 3.8) is 0 Å². The second kappa shape index (κ2) is 7.94. The highest BCUT2D eigenvalue weighted by molar-refractivity contribution is 9.10. The molecule has 1 unspecified atom stereocenters. The lowest BCUT2D eigenvalue weighted by molar-refractivity contribution is 0.102. The summed E-state index contributed by atoms with van der Waals surface area (Å²) < 4.78 is 0.841. The van der Waals surface area contributed by atoms with E-state index >= 15 is 0 Å². The van der Waals surface area contributed by atoms with Gasteiger partial charge in [0.1, 0.15) is 5.82 Å². The summed E-state index contributed by atoms with van der Waals surface area (Å²) in [5, 5.41) is 6.23. The third-order valence-corrected chi connectivity index (χ3v) is 4.50. The molecule has 0 aliphatic heterocycles. The summed E-state index contributed by atoms with van der Waals surface area (Å²) in [5.74, 6) is 0.487. The topological polar surface area (TPSA) is 54.0 Å². The zero-order chi connectivity index (χ0) is 17.6. The van der Waals surface area contributed by atoms with Crippen LogP contribution in [0, 0.1) is 0 Å². The predicted octanol–water partition coefficient (Wildman–Crippen LogP) is 5.27. The quantitative estimate of drug-likeness (QED) is 0.618. The standard InChI is InChI=1S/C20H18BrN3O/c1-14(15-7-3-2-4-8-15)23-19-13-16(11-12-22-19)20(25)24-18-10-6-5-9-17(18)21/h2-14H,1H3,(H,22,23)(H,24,25). The summed E-state index contributed by atoms with van der Waals surface area (Å²) >= 11 is 3.43. The van der Waals surface area contributed by atoms with Crippen LogP contribution in [0.3, 0.4) is 0 Å². The van der Waals surface area contributed by atoms with Crippen LogP contribution in [0.2, 0.25) is 0 Å². The van der Waals surface area contributed by atoms with Gasteiger partial charge in [-0.25, -0.2) is 4.98 Å². The van der Waals surface area contributed by atoms with E-state index < -0.39 is 0 Å². The average molecular weight is 396 g/mol. The third kappa shape index (κ3) is 4.45. The Kier molecular flexibility index (Phi) is 5.46. The number of hydrogen-bond donors (Lipinski definition) is 2. The molecule has 0 saturated heterocycles. The molecule has 4 nitrogen and oxygen atoms in total. The van der Waals surface area contributed by atoms with E-state index in [9.17, 15) is 4.79 Å². The van der Waals surface area contributed by atoms with Gasteiger partial charge in [0.25, 0.3) is 5.91 Å². The van der Waals surface area contributed by atoms with Crippen molar-refractivity contribution in [2.45, 2.75) is 13.0 Å². The van der Waals surface area contributed by atoms with Crippen LogP contribution in [0.1, 0.15) is 28.9 Å². The largest absolute Gasteiger partial charge is 0.364 e. The van der Waals surface area contributed by atoms with E-state index in [0.29, 0.717) is 11.4 Å². The maximum Gasteiger partial charge on any atom is 0.255 e. The van der Waals surface area contributed by atoms with Crippen molar-refractivity contribution in [3.05, 3.63) is 88.5 Å². The second-order valence-electron chi connectivity index (χ2n) is 5.64. The Bertz CT molecular complexity index is 868. The minimum absolute atomic E-state index is 0.0929. The monoisotopic (exact) mass is 395 g/mol. The first-order chi connectivity index (χ1) is 12.1. The third-order valence-electron chi connectivity index (χ3n) is 3.81. The summed E-state index contributed by atoms with van der Waals surface area (Å²) in [6.45, 7) is 2.06. The van der Waals surface area contributed by atoms with Crippen molar-refractivity contribution in [2.24, 2.45) is 0 Å². The number of aromatic nitrogens is 1. The van der Waals surface area contributed by atoms with Gasteiger partial charge in [0.2, 0.25) is 0 Å². The number of nitrogens with one attached hydrogen (secondary N) is 2. The van der Waals surface area contributed by atoms with Gasteiger partial charge < -0.3 is 10.6 Å². The van der Waals surface area contributed by atoms with Gasteiger partial charge in [-0.1, -0.05) is 42.5 Å². The zero-order valence-electron chi connectivity index (χ0n) is 13.7. The van der Waals surface area contributed by atoms with Crippen LogP contribution in [0.25, 0.3) is 0 Å². The van der Waals surface area contributed by atoms with Gasteiger partial charge in [0, 0.05) is 22.3 Å². The molecule has 1 amide bonds. The molecule has 2 N–H and O–H groups in total. The molecule has 1 heterocycles. The lowest BCUT2D eigenvalue weighted by atomic mass is 10.1. The molecule has 5 heteroatoms. The molecule has 0 saturated carbocycles. The molecule has 1 atom stereocenters. The number of carbonyl (C=O) groups is 1. The van der Waals surface area contributed by atoms with E-state index in [1.165, 1.54) is 0 Å². The van der Waals surface area contributed by atoms with Crippen LogP contribution in [-0.2, 0) is 0 Å². The molecule has 3 aromatic rings. The summed E-state index contributed by atoms with van der Waals surface area (Å²) in [6.07, 6.45) is 1.63.